The summed E-state index contributed by atoms with van der Waals surface area (Å²) in [5, 5.41) is 0. The molecule has 0 amide bonds. The van der Waals surface area contributed by atoms with Gasteiger partial charge in [-0.25, -0.2) is 0 Å². The summed E-state index contributed by atoms with van der Waals surface area (Å²) in [6.07, 6.45) is 18.8. The summed E-state index contributed by atoms with van der Waals surface area (Å²) < 4.78 is 6.07. The third-order valence-electron chi connectivity index (χ3n) is 13.5. The average molecular weight is 613 g/mol. The topological polar surface area (TPSA) is 9.23 Å². The van der Waals surface area contributed by atoms with Gasteiger partial charge in [0.1, 0.15) is 0 Å². The van der Waals surface area contributed by atoms with E-state index < -0.39 is 8.07 Å². The molecule has 6 rings (SSSR count). The van der Waals surface area contributed by atoms with Gasteiger partial charge in [0.2, 0.25) is 0 Å². The summed E-state index contributed by atoms with van der Waals surface area (Å²) in [7, 11) is -1.55. The molecule has 10 unspecified atom stereocenters. The van der Waals surface area contributed by atoms with Gasteiger partial charge in [-0.05, 0) is 117 Å². The second-order valence-corrected chi connectivity index (χ2v) is 22.0. The van der Waals surface area contributed by atoms with Crippen LogP contribution in [0.3, 0.4) is 0 Å². The Labute approximate surface area is 272 Å². The molecule has 4 aliphatic carbocycles. The Kier molecular flexibility index (Phi) is 10.5. The first-order valence-electron chi connectivity index (χ1n) is 19.0. The van der Waals surface area contributed by atoms with Crippen molar-refractivity contribution in [1.82, 2.24) is 0 Å². The maximum atomic E-state index is 6.07. The van der Waals surface area contributed by atoms with Crippen molar-refractivity contribution in [3.8, 4) is 0 Å². The van der Waals surface area contributed by atoms with Crippen molar-refractivity contribution in [2.45, 2.75) is 152 Å². The Morgan fingerprint density at radius 3 is 1.89 bits per heavy atom. The van der Waals surface area contributed by atoms with Crippen molar-refractivity contribution in [3.63, 3.8) is 0 Å². The fourth-order valence-electron chi connectivity index (χ4n) is 12.0. The van der Waals surface area contributed by atoms with Gasteiger partial charge in [-0.3, -0.25) is 0 Å². The van der Waals surface area contributed by atoms with Crippen LogP contribution in [0.15, 0.2) is 60.7 Å². The quantitative estimate of drug-likeness (QED) is 0.181. The molecule has 0 radical (unpaired) electrons. The molecular formula is C42H64OSi. The maximum absolute atomic E-state index is 6.07. The zero-order valence-corrected chi connectivity index (χ0v) is 30.0. The Bertz CT molecular complexity index is 1160. The fraction of sp³-hybridized carbons (Fsp3) is 0.714. The van der Waals surface area contributed by atoms with E-state index in [0.717, 1.165) is 59.1 Å². The predicted molar refractivity (Wildman–Crippen MR) is 191 cm³/mol. The number of hydrogen-bond acceptors (Lipinski definition) is 1. The van der Waals surface area contributed by atoms with Gasteiger partial charge in [0.15, 0.2) is 0 Å². The molecule has 44 heavy (non-hydrogen) atoms. The van der Waals surface area contributed by atoms with Crippen molar-refractivity contribution in [1.29, 1.82) is 0 Å². The highest BCUT2D eigenvalue weighted by atomic mass is 28.3. The smallest absolute Gasteiger partial charge is 0.0598 e. The summed E-state index contributed by atoms with van der Waals surface area (Å²) in [5.41, 5.74) is 5.37. The zero-order valence-electron chi connectivity index (χ0n) is 29.0. The zero-order chi connectivity index (χ0) is 30.7. The molecule has 0 spiro atoms. The number of fused-ring (bicyclic) bond motifs is 2. The minimum atomic E-state index is -1.55. The van der Waals surface area contributed by atoms with Gasteiger partial charge in [0.25, 0.3) is 0 Å². The SMILES string of the molecule is CC1CC2C(c3ccccc3)CCCC2C1[Si](C)(CCCCCCOC(C)(C)C)C1CCC2C(c3ccccc3)CCCC21. The molecule has 1 nitrogen and oxygen atoms in total. The molecule has 2 aromatic rings. The first kappa shape index (κ1) is 32.6. The highest BCUT2D eigenvalue weighted by Gasteiger charge is 2.59. The lowest BCUT2D eigenvalue weighted by molar-refractivity contribution is -0.00471. The van der Waals surface area contributed by atoms with Crippen LogP contribution in [0.25, 0.3) is 0 Å². The van der Waals surface area contributed by atoms with Gasteiger partial charge in [0.05, 0.1) is 13.7 Å². The Morgan fingerprint density at radius 2 is 1.25 bits per heavy atom. The Morgan fingerprint density at radius 1 is 0.659 bits per heavy atom. The van der Waals surface area contributed by atoms with Crippen LogP contribution < -0.4 is 0 Å². The van der Waals surface area contributed by atoms with Gasteiger partial charge in [-0.1, -0.05) is 132 Å². The first-order chi connectivity index (χ1) is 21.3. The normalized spacial score (nSPS) is 35.2. The predicted octanol–water partition coefficient (Wildman–Crippen LogP) is 12.4. The maximum Gasteiger partial charge on any atom is 0.0598 e. The van der Waals surface area contributed by atoms with Gasteiger partial charge in [-0.2, -0.15) is 0 Å². The van der Waals surface area contributed by atoms with Crippen LogP contribution >= 0.6 is 0 Å². The second kappa shape index (κ2) is 14.2. The number of unbranched alkanes of at least 4 members (excludes halogenated alkanes) is 3. The third-order valence-corrected chi connectivity index (χ3v) is 19.9. The van der Waals surface area contributed by atoms with E-state index in [4.69, 9.17) is 4.74 Å². The summed E-state index contributed by atoms with van der Waals surface area (Å²) in [6.45, 7) is 13.2. The molecule has 0 saturated heterocycles. The first-order valence-corrected chi connectivity index (χ1v) is 21.9. The molecule has 10 atom stereocenters. The highest BCUT2D eigenvalue weighted by Crippen LogP contribution is 2.67. The summed E-state index contributed by atoms with van der Waals surface area (Å²) in [4.78, 5) is 0. The van der Waals surface area contributed by atoms with Crippen molar-refractivity contribution in [2.24, 2.45) is 29.6 Å². The van der Waals surface area contributed by atoms with E-state index in [1.54, 1.807) is 23.6 Å². The van der Waals surface area contributed by atoms with Crippen LogP contribution in [0.4, 0.5) is 0 Å². The number of benzene rings is 2. The molecule has 4 saturated carbocycles. The van der Waals surface area contributed by atoms with Gasteiger partial charge in [-0.15, -0.1) is 0 Å². The molecule has 0 N–H and O–H groups in total. The molecular weight excluding hydrogens is 549 g/mol. The molecule has 0 bridgehead atoms. The summed E-state index contributed by atoms with van der Waals surface area (Å²) >= 11 is 0. The lowest BCUT2D eigenvalue weighted by atomic mass is 9.71. The van der Waals surface area contributed by atoms with Gasteiger partial charge in [0, 0.05) is 6.61 Å². The van der Waals surface area contributed by atoms with Crippen molar-refractivity contribution >= 4 is 8.07 Å². The molecule has 2 aromatic carbocycles. The minimum Gasteiger partial charge on any atom is -0.376 e. The van der Waals surface area contributed by atoms with E-state index >= 15 is 0 Å². The molecule has 0 aliphatic heterocycles. The Balaban J connectivity index is 1.23. The van der Waals surface area contributed by atoms with Gasteiger partial charge >= 0.3 is 0 Å². The van der Waals surface area contributed by atoms with Crippen LogP contribution in [0.1, 0.15) is 134 Å². The second-order valence-electron chi connectivity index (χ2n) is 17.1. The molecule has 2 heteroatoms. The average Bonchev–Trinajstić information content (AvgIpc) is 3.62. The minimum absolute atomic E-state index is 0.00510. The lowest BCUT2D eigenvalue weighted by Gasteiger charge is -2.50. The van der Waals surface area contributed by atoms with Crippen LogP contribution in [0.5, 0.6) is 0 Å². The van der Waals surface area contributed by atoms with Crippen LogP contribution in [0.2, 0.25) is 23.7 Å². The Hall–Kier alpha value is -1.38. The van der Waals surface area contributed by atoms with Crippen molar-refractivity contribution in [3.05, 3.63) is 71.8 Å². The number of ether oxygens (including phenoxy) is 1. The largest absolute Gasteiger partial charge is 0.376 e. The highest BCUT2D eigenvalue weighted by molar-refractivity contribution is 6.81. The van der Waals surface area contributed by atoms with E-state index in [1.165, 1.54) is 77.0 Å². The molecule has 242 valence electrons. The monoisotopic (exact) mass is 612 g/mol. The van der Waals surface area contributed by atoms with Crippen LogP contribution in [0, 0.1) is 29.6 Å². The molecule has 0 heterocycles. The van der Waals surface area contributed by atoms with E-state index in [-0.39, 0.29) is 5.60 Å². The number of hydrogen-bond donors (Lipinski definition) is 0. The van der Waals surface area contributed by atoms with E-state index in [0.29, 0.717) is 0 Å². The van der Waals surface area contributed by atoms with Crippen molar-refractivity contribution < 1.29 is 4.74 Å². The number of rotatable bonds is 11. The molecule has 0 aromatic heterocycles. The standard InChI is InChI=1S/C42H64OSi/c1-31-30-39-35(33-20-12-9-13-21-33)23-17-25-38(39)41(31)44(5,29-15-7-6-14-28-43-42(2,3)4)40-27-26-36-34(22-16-24-37(36)40)32-18-10-8-11-19-32/h8-13,18-21,31,34-41H,6-7,14-17,22-30H2,1-5H3. The summed E-state index contributed by atoms with van der Waals surface area (Å²) in [6, 6.07) is 25.0. The lowest BCUT2D eigenvalue weighted by Crippen LogP contribution is -2.48. The van der Waals surface area contributed by atoms with E-state index in [9.17, 15) is 0 Å². The van der Waals surface area contributed by atoms with Crippen LogP contribution in [-0.4, -0.2) is 20.3 Å². The van der Waals surface area contributed by atoms with Crippen molar-refractivity contribution in [2.75, 3.05) is 6.61 Å². The van der Waals surface area contributed by atoms with E-state index in [2.05, 4.69) is 94.9 Å². The molecule has 4 fully saturated rings. The third kappa shape index (κ3) is 6.97. The van der Waals surface area contributed by atoms with Crippen LogP contribution in [-0.2, 0) is 4.74 Å². The molecule has 4 aliphatic rings. The van der Waals surface area contributed by atoms with E-state index in [1.807, 2.05) is 0 Å². The van der Waals surface area contributed by atoms with Gasteiger partial charge < -0.3 is 4.74 Å². The summed E-state index contributed by atoms with van der Waals surface area (Å²) in [5.74, 6) is 6.36. The fourth-order valence-corrected chi connectivity index (χ4v) is 19.3.